The standard InChI is InChI=1S/C14H20FNO2/c1-9(2)6-13(14(17)18)16-8-11-7-12(15)5-4-10(11)3/h4-5,7,9,13,16H,6,8H2,1-3H3,(H,17,18). The van der Waals surface area contributed by atoms with Crippen molar-refractivity contribution in [2.24, 2.45) is 5.92 Å². The van der Waals surface area contributed by atoms with E-state index in [-0.39, 0.29) is 5.82 Å². The van der Waals surface area contributed by atoms with E-state index < -0.39 is 12.0 Å². The zero-order valence-corrected chi connectivity index (χ0v) is 11.0. The van der Waals surface area contributed by atoms with Crippen LogP contribution in [0.2, 0.25) is 0 Å². The molecule has 4 heteroatoms. The van der Waals surface area contributed by atoms with Gasteiger partial charge in [-0.3, -0.25) is 4.79 Å². The smallest absolute Gasteiger partial charge is 0.320 e. The minimum absolute atomic E-state index is 0.298. The molecule has 1 atom stereocenters. The van der Waals surface area contributed by atoms with Crippen LogP contribution in [-0.2, 0) is 11.3 Å². The molecule has 1 aromatic rings. The lowest BCUT2D eigenvalue weighted by Gasteiger charge is -2.17. The molecule has 2 N–H and O–H groups in total. The third-order valence-corrected chi connectivity index (χ3v) is 2.86. The Morgan fingerprint density at radius 1 is 1.44 bits per heavy atom. The van der Waals surface area contributed by atoms with Gasteiger partial charge < -0.3 is 10.4 Å². The first-order valence-corrected chi connectivity index (χ1v) is 6.11. The fourth-order valence-electron chi connectivity index (χ4n) is 1.81. The molecule has 0 spiro atoms. The number of hydrogen-bond donors (Lipinski definition) is 2. The molecular formula is C14H20FNO2. The summed E-state index contributed by atoms with van der Waals surface area (Å²) in [4.78, 5) is 11.1. The second kappa shape index (κ2) is 6.50. The number of hydrogen-bond acceptors (Lipinski definition) is 2. The lowest BCUT2D eigenvalue weighted by Crippen LogP contribution is -2.37. The molecule has 1 aromatic carbocycles. The van der Waals surface area contributed by atoms with Crippen LogP contribution in [0.15, 0.2) is 18.2 Å². The lowest BCUT2D eigenvalue weighted by molar-refractivity contribution is -0.140. The molecular weight excluding hydrogens is 233 g/mol. The fraction of sp³-hybridized carbons (Fsp3) is 0.500. The van der Waals surface area contributed by atoms with Gasteiger partial charge in [-0.15, -0.1) is 0 Å². The number of carboxylic acids is 1. The number of aliphatic carboxylic acids is 1. The fourth-order valence-corrected chi connectivity index (χ4v) is 1.81. The molecule has 18 heavy (non-hydrogen) atoms. The van der Waals surface area contributed by atoms with Crippen LogP contribution in [0.25, 0.3) is 0 Å². The van der Waals surface area contributed by atoms with E-state index >= 15 is 0 Å². The molecule has 1 rings (SSSR count). The van der Waals surface area contributed by atoms with Crippen molar-refractivity contribution < 1.29 is 14.3 Å². The molecule has 3 nitrogen and oxygen atoms in total. The number of benzene rings is 1. The number of nitrogens with one attached hydrogen (secondary N) is 1. The second-order valence-corrected chi connectivity index (χ2v) is 4.97. The summed E-state index contributed by atoms with van der Waals surface area (Å²) in [5, 5.41) is 12.1. The van der Waals surface area contributed by atoms with E-state index in [1.165, 1.54) is 12.1 Å². The molecule has 0 fully saturated rings. The normalized spacial score (nSPS) is 12.7. The van der Waals surface area contributed by atoms with Gasteiger partial charge in [0.25, 0.3) is 0 Å². The van der Waals surface area contributed by atoms with Crippen LogP contribution in [0.1, 0.15) is 31.4 Å². The first-order chi connectivity index (χ1) is 8.40. The van der Waals surface area contributed by atoms with Gasteiger partial charge >= 0.3 is 5.97 Å². The van der Waals surface area contributed by atoms with Crippen LogP contribution in [-0.4, -0.2) is 17.1 Å². The molecule has 0 saturated carbocycles. The second-order valence-electron chi connectivity index (χ2n) is 4.97. The van der Waals surface area contributed by atoms with Gasteiger partial charge in [0, 0.05) is 6.54 Å². The van der Waals surface area contributed by atoms with Gasteiger partial charge in [0.05, 0.1) is 0 Å². The van der Waals surface area contributed by atoms with Crippen LogP contribution in [0.4, 0.5) is 4.39 Å². The van der Waals surface area contributed by atoms with Gasteiger partial charge in [-0.05, 0) is 42.5 Å². The highest BCUT2D eigenvalue weighted by Crippen LogP contribution is 2.11. The summed E-state index contributed by atoms with van der Waals surface area (Å²) in [5.74, 6) is -0.863. The average molecular weight is 253 g/mol. The van der Waals surface area contributed by atoms with Crippen molar-refractivity contribution in [1.82, 2.24) is 5.32 Å². The van der Waals surface area contributed by atoms with Crippen molar-refractivity contribution in [1.29, 1.82) is 0 Å². The summed E-state index contributed by atoms with van der Waals surface area (Å²) < 4.78 is 13.1. The van der Waals surface area contributed by atoms with Gasteiger partial charge in [-0.2, -0.15) is 0 Å². The first kappa shape index (κ1) is 14.6. The largest absolute Gasteiger partial charge is 0.480 e. The van der Waals surface area contributed by atoms with Crippen molar-refractivity contribution >= 4 is 5.97 Å². The minimum atomic E-state index is -0.863. The Balaban J connectivity index is 2.66. The van der Waals surface area contributed by atoms with Crippen molar-refractivity contribution in [2.75, 3.05) is 0 Å². The molecule has 0 amide bonds. The molecule has 0 saturated heterocycles. The zero-order valence-electron chi connectivity index (χ0n) is 11.0. The summed E-state index contributed by atoms with van der Waals surface area (Å²) in [6.45, 7) is 6.21. The quantitative estimate of drug-likeness (QED) is 0.819. The molecule has 1 unspecified atom stereocenters. The van der Waals surface area contributed by atoms with E-state index in [1.807, 2.05) is 20.8 Å². The van der Waals surface area contributed by atoms with E-state index in [2.05, 4.69) is 5.32 Å². The molecule has 0 aromatic heterocycles. The summed E-state index contributed by atoms with van der Waals surface area (Å²) in [6.07, 6.45) is 0.559. The number of rotatable bonds is 6. The molecule has 0 aliphatic heterocycles. The van der Waals surface area contributed by atoms with E-state index in [4.69, 9.17) is 5.11 Å². The SMILES string of the molecule is Cc1ccc(F)cc1CNC(CC(C)C)C(=O)O. The number of halogens is 1. The van der Waals surface area contributed by atoms with Gasteiger partial charge in [0.2, 0.25) is 0 Å². The Bertz CT molecular complexity index is 418. The van der Waals surface area contributed by atoms with Crippen molar-refractivity contribution in [3.8, 4) is 0 Å². The van der Waals surface area contributed by atoms with Gasteiger partial charge in [-0.1, -0.05) is 19.9 Å². The average Bonchev–Trinajstić information content (AvgIpc) is 2.27. The van der Waals surface area contributed by atoms with Crippen molar-refractivity contribution in [2.45, 2.75) is 39.8 Å². The Labute approximate surface area is 107 Å². The van der Waals surface area contributed by atoms with E-state index in [1.54, 1.807) is 6.07 Å². The molecule has 0 aliphatic carbocycles. The van der Waals surface area contributed by atoms with Crippen LogP contribution in [0.3, 0.4) is 0 Å². The van der Waals surface area contributed by atoms with Gasteiger partial charge in [0.15, 0.2) is 0 Å². The van der Waals surface area contributed by atoms with Crippen LogP contribution >= 0.6 is 0 Å². The van der Waals surface area contributed by atoms with Gasteiger partial charge in [0.1, 0.15) is 11.9 Å². The predicted octanol–water partition coefficient (Wildman–Crippen LogP) is 2.72. The monoisotopic (exact) mass is 253 g/mol. The maximum atomic E-state index is 13.1. The van der Waals surface area contributed by atoms with E-state index in [0.29, 0.717) is 18.9 Å². The summed E-state index contributed by atoms with van der Waals surface area (Å²) in [5.41, 5.74) is 1.75. The number of carboxylic acid groups (broad SMARTS) is 1. The summed E-state index contributed by atoms with van der Waals surface area (Å²) in [7, 11) is 0. The molecule has 0 radical (unpaired) electrons. The van der Waals surface area contributed by atoms with Crippen LogP contribution in [0, 0.1) is 18.7 Å². The molecule has 100 valence electrons. The Hall–Kier alpha value is -1.42. The van der Waals surface area contributed by atoms with Crippen LogP contribution < -0.4 is 5.32 Å². The number of carbonyl (C=O) groups is 1. The summed E-state index contributed by atoms with van der Waals surface area (Å²) in [6, 6.07) is 3.95. The van der Waals surface area contributed by atoms with Crippen LogP contribution in [0.5, 0.6) is 0 Å². The third-order valence-electron chi connectivity index (χ3n) is 2.86. The van der Waals surface area contributed by atoms with Gasteiger partial charge in [-0.25, -0.2) is 4.39 Å². The lowest BCUT2D eigenvalue weighted by atomic mass is 10.0. The number of aryl methyl sites for hydroxylation is 1. The Morgan fingerprint density at radius 2 is 2.11 bits per heavy atom. The van der Waals surface area contributed by atoms with Crippen molar-refractivity contribution in [3.63, 3.8) is 0 Å². The zero-order chi connectivity index (χ0) is 13.7. The summed E-state index contributed by atoms with van der Waals surface area (Å²) >= 11 is 0. The van der Waals surface area contributed by atoms with E-state index in [0.717, 1.165) is 11.1 Å². The third kappa shape index (κ3) is 4.45. The predicted molar refractivity (Wildman–Crippen MR) is 68.9 cm³/mol. The molecule has 0 aliphatic rings. The highest BCUT2D eigenvalue weighted by atomic mass is 19.1. The Morgan fingerprint density at radius 3 is 2.67 bits per heavy atom. The molecule has 0 heterocycles. The highest BCUT2D eigenvalue weighted by Gasteiger charge is 2.18. The van der Waals surface area contributed by atoms with E-state index in [9.17, 15) is 9.18 Å². The van der Waals surface area contributed by atoms with Crippen molar-refractivity contribution in [3.05, 3.63) is 35.1 Å². The molecule has 0 bridgehead atoms. The maximum absolute atomic E-state index is 13.1. The highest BCUT2D eigenvalue weighted by molar-refractivity contribution is 5.73. The minimum Gasteiger partial charge on any atom is -0.480 e. The topological polar surface area (TPSA) is 49.3 Å². The first-order valence-electron chi connectivity index (χ1n) is 6.11. The maximum Gasteiger partial charge on any atom is 0.320 e. The Kier molecular flexibility index (Phi) is 5.28.